The van der Waals surface area contributed by atoms with Crippen LogP contribution < -0.4 is 5.32 Å². The third-order valence-corrected chi connectivity index (χ3v) is 4.74. The van der Waals surface area contributed by atoms with Crippen molar-refractivity contribution in [2.24, 2.45) is 0 Å². The highest BCUT2D eigenvalue weighted by Gasteiger charge is 2.12. The zero-order valence-corrected chi connectivity index (χ0v) is 16.2. The average molecular weight is 389 g/mol. The highest BCUT2D eigenvalue weighted by molar-refractivity contribution is 6.30. The molecule has 0 unspecified atom stereocenters. The summed E-state index contributed by atoms with van der Waals surface area (Å²) in [6, 6.07) is 24.0. The highest BCUT2D eigenvalue weighted by Crippen LogP contribution is 2.26. The van der Waals surface area contributed by atoms with Crippen molar-refractivity contribution in [3.05, 3.63) is 101 Å². The zero-order chi connectivity index (χ0) is 19.2. The van der Waals surface area contributed by atoms with Crippen molar-refractivity contribution >= 4 is 11.6 Å². The Morgan fingerprint density at radius 1 is 0.929 bits per heavy atom. The van der Waals surface area contributed by atoms with Gasteiger partial charge in [0.25, 0.3) is 0 Å². The van der Waals surface area contributed by atoms with Gasteiger partial charge in [-0.05, 0) is 36.4 Å². The number of rotatable bonds is 7. The van der Waals surface area contributed by atoms with Gasteiger partial charge in [-0.1, -0.05) is 48.0 Å². The molecule has 0 spiro atoms. The summed E-state index contributed by atoms with van der Waals surface area (Å²) in [5, 5.41) is 9.06. The Kier molecular flexibility index (Phi) is 5.80. The van der Waals surface area contributed by atoms with E-state index in [9.17, 15) is 0 Å². The number of hydrogen-bond acceptors (Lipinski definition) is 3. The minimum absolute atomic E-state index is 0.709. The van der Waals surface area contributed by atoms with Gasteiger partial charge in [-0.25, -0.2) is 4.68 Å². The average Bonchev–Trinajstić information content (AvgIpc) is 3.17. The summed E-state index contributed by atoms with van der Waals surface area (Å²) >= 11 is 6.21. The molecule has 2 aromatic heterocycles. The molecule has 5 heteroatoms. The number of aromatic nitrogens is 3. The van der Waals surface area contributed by atoms with Gasteiger partial charge in [0.15, 0.2) is 0 Å². The standard InChI is InChI=1S/C23H21ClN4/c24-20-8-6-7-18(15-20)23-19(16-25-14-12-21-9-4-5-13-26-21)17-28(27-23)22-10-2-1-3-11-22/h1-11,13,15,17,25H,12,14,16H2. The smallest absolute Gasteiger partial charge is 0.0973 e. The van der Waals surface area contributed by atoms with Crippen LogP contribution in [0.4, 0.5) is 0 Å². The lowest BCUT2D eigenvalue weighted by molar-refractivity contribution is 0.680. The molecule has 0 atom stereocenters. The number of nitrogens with zero attached hydrogens (tertiary/aromatic N) is 3. The molecule has 0 saturated heterocycles. The van der Waals surface area contributed by atoms with E-state index in [0.717, 1.165) is 47.7 Å². The van der Waals surface area contributed by atoms with Crippen LogP contribution in [0.2, 0.25) is 5.02 Å². The Morgan fingerprint density at radius 3 is 2.57 bits per heavy atom. The quantitative estimate of drug-likeness (QED) is 0.457. The molecule has 0 aliphatic heterocycles. The fraction of sp³-hybridized carbons (Fsp3) is 0.130. The summed E-state index contributed by atoms with van der Waals surface area (Å²) in [5.74, 6) is 0. The molecular formula is C23H21ClN4. The molecule has 4 nitrogen and oxygen atoms in total. The van der Waals surface area contributed by atoms with Gasteiger partial charge in [0.1, 0.15) is 0 Å². The summed E-state index contributed by atoms with van der Waals surface area (Å²) in [6.07, 6.45) is 4.80. The van der Waals surface area contributed by atoms with Crippen molar-refractivity contribution in [3.63, 3.8) is 0 Å². The highest BCUT2D eigenvalue weighted by atomic mass is 35.5. The number of benzene rings is 2. The molecule has 1 N–H and O–H groups in total. The Hall–Kier alpha value is -2.95. The Morgan fingerprint density at radius 2 is 1.79 bits per heavy atom. The molecule has 2 heterocycles. The van der Waals surface area contributed by atoms with Crippen molar-refractivity contribution in [2.75, 3.05) is 6.54 Å². The summed E-state index contributed by atoms with van der Waals surface area (Å²) in [4.78, 5) is 4.37. The second-order valence-corrected chi connectivity index (χ2v) is 6.98. The molecule has 28 heavy (non-hydrogen) atoms. The molecule has 4 rings (SSSR count). The summed E-state index contributed by atoms with van der Waals surface area (Å²) in [6.45, 7) is 1.57. The SMILES string of the molecule is Clc1cccc(-c2nn(-c3ccccc3)cc2CNCCc2ccccn2)c1. The molecule has 0 radical (unpaired) electrons. The van der Waals surface area contributed by atoms with Gasteiger partial charge in [-0.2, -0.15) is 5.10 Å². The summed E-state index contributed by atoms with van der Waals surface area (Å²) in [5.41, 5.74) is 5.21. The maximum absolute atomic E-state index is 6.21. The van der Waals surface area contributed by atoms with Crippen molar-refractivity contribution in [1.29, 1.82) is 0 Å². The normalized spacial score (nSPS) is 10.9. The maximum Gasteiger partial charge on any atom is 0.0973 e. The van der Waals surface area contributed by atoms with Crippen LogP contribution >= 0.6 is 11.6 Å². The Balaban J connectivity index is 1.55. The van der Waals surface area contributed by atoms with E-state index in [4.69, 9.17) is 16.7 Å². The van der Waals surface area contributed by atoms with E-state index in [0.29, 0.717) is 5.02 Å². The molecule has 0 fully saturated rings. The van der Waals surface area contributed by atoms with Crippen LogP contribution in [0.1, 0.15) is 11.3 Å². The van der Waals surface area contributed by atoms with Crippen LogP contribution in [0.3, 0.4) is 0 Å². The number of hydrogen-bond donors (Lipinski definition) is 1. The second-order valence-electron chi connectivity index (χ2n) is 6.54. The lowest BCUT2D eigenvalue weighted by Gasteiger charge is -2.05. The predicted octanol–water partition coefficient (Wildman–Crippen LogP) is 4.92. The third-order valence-electron chi connectivity index (χ3n) is 4.51. The maximum atomic E-state index is 6.21. The fourth-order valence-electron chi connectivity index (χ4n) is 3.12. The van der Waals surface area contributed by atoms with Gasteiger partial charge in [0.2, 0.25) is 0 Å². The molecule has 2 aromatic carbocycles. The molecule has 0 saturated carbocycles. The zero-order valence-electron chi connectivity index (χ0n) is 15.4. The first-order valence-electron chi connectivity index (χ1n) is 9.30. The van der Waals surface area contributed by atoms with Crippen LogP contribution in [0.25, 0.3) is 16.9 Å². The first-order valence-corrected chi connectivity index (χ1v) is 9.68. The van der Waals surface area contributed by atoms with E-state index in [1.54, 1.807) is 0 Å². The van der Waals surface area contributed by atoms with E-state index in [2.05, 4.69) is 16.5 Å². The minimum Gasteiger partial charge on any atom is -0.312 e. The molecule has 4 aromatic rings. The van der Waals surface area contributed by atoms with Crippen LogP contribution in [-0.2, 0) is 13.0 Å². The van der Waals surface area contributed by atoms with Crippen LogP contribution in [0, 0.1) is 0 Å². The largest absolute Gasteiger partial charge is 0.312 e. The monoisotopic (exact) mass is 388 g/mol. The fourth-order valence-corrected chi connectivity index (χ4v) is 3.31. The summed E-state index contributed by atoms with van der Waals surface area (Å²) < 4.78 is 1.92. The van der Waals surface area contributed by atoms with Crippen molar-refractivity contribution in [1.82, 2.24) is 20.1 Å². The number of nitrogens with one attached hydrogen (secondary N) is 1. The predicted molar refractivity (Wildman–Crippen MR) is 114 cm³/mol. The minimum atomic E-state index is 0.709. The second kappa shape index (κ2) is 8.83. The van der Waals surface area contributed by atoms with Crippen LogP contribution in [-0.4, -0.2) is 21.3 Å². The van der Waals surface area contributed by atoms with Crippen molar-refractivity contribution < 1.29 is 0 Å². The van der Waals surface area contributed by atoms with Gasteiger partial charge >= 0.3 is 0 Å². The summed E-state index contributed by atoms with van der Waals surface area (Å²) in [7, 11) is 0. The van der Waals surface area contributed by atoms with Gasteiger partial charge < -0.3 is 5.32 Å². The topological polar surface area (TPSA) is 42.7 Å². The van der Waals surface area contributed by atoms with E-state index >= 15 is 0 Å². The van der Waals surface area contributed by atoms with Crippen molar-refractivity contribution in [3.8, 4) is 16.9 Å². The number of halogens is 1. The lowest BCUT2D eigenvalue weighted by atomic mass is 10.1. The van der Waals surface area contributed by atoms with Crippen molar-refractivity contribution in [2.45, 2.75) is 13.0 Å². The van der Waals surface area contributed by atoms with Gasteiger partial charge in [-0.3, -0.25) is 4.98 Å². The first-order chi connectivity index (χ1) is 13.8. The van der Waals surface area contributed by atoms with E-state index in [1.807, 2.05) is 83.7 Å². The number of pyridine rings is 1. The molecule has 140 valence electrons. The van der Waals surface area contributed by atoms with Crippen LogP contribution in [0.15, 0.2) is 85.2 Å². The number of para-hydroxylation sites is 1. The van der Waals surface area contributed by atoms with Gasteiger partial charge in [-0.15, -0.1) is 0 Å². The Bertz CT molecular complexity index is 1030. The van der Waals surface area contributed by atoms with Crippen LogP contribution in [0.5, 0.6) is 0 Å². The molecule has 0 amide bonds. The van der Waals surface area contributed by atoms with E-state index in [-0.39, 0.29) is 0 Å². The third kappa shape index (κ3) is 4.47. The van der Waals surface area contributed by atoms with E-state index in [1.165, 1.54) is 0 Å². The molecule has 0 aliphatic rings. The molecular weight excluding hydrogens is 368 g/mol. The first kappa shape index (κ1) is 18.4. The van der Waals surface area contributed by atoms with Gasteiger partial charge in [0.05, 0.1) is 11.4 Å². The molecule has 0 bridgehead atoms. The van der Waals surface area contributed by atoms with Gasteiger partial charge in [0, 0.05) is 53.7 Å². The lowest BCUT2D eigenvalue weighted by Crippen LogP contribution is -2.17. The Labute approximate surface area is 169 Å². The van der Waals surface area contributed by atoms with E-state index < -0.39 is 0 Å². The molecule has 0 aliphatic carbocycles.